The van der Waals surface area contributed by atoms with E-state index in [0.29, 0.717) is 11.5 Å². The third-order valence-corrected chi connectivity index (χ3v) is 5.65. The Hall–Kier alpha value is -1.02. The van der Waals surface area contributed by atoms with Crippen molar-refractivity contribution in [3.63, 3.8) is 0 Å². The molecule has 2 rings (SSSR count). The molecule has 1 saturated heterocycles. The topological polar surface area (TPSA) is 29.3 Å². The summed E-state index contributed by atoms with van der Waals surface area (Å²) >= 11 is 0. The van der Waals surface area contributed by atoms with Crippen molar-refractivity contribution in [3.8, 4) is 0 Å². The average molecular weight is 288 g/mol. The molecule has 0 radical (unpaired) electrons. The zero-order chi connectivity index (χ0) is 15.3. The van der Waals surface area contributed by atoms with E-state index >= 15 is 0 Å². The standard InChI is InChI=1S/C19H32N2/c1-4-17(20)15-16-7-9-18(10-8-16)21-13-11-19(5-2,6-3)12-14-21/h7-10,17H,4-6,11-15,20H2,1-3H3. The van der Waals surface area contributed by atoms with E-state index in [1.165, 1.54) is 50.0 Å². The van der Waals surface area contributed by atoms with Gasteiger partial charge in [0.2, 0.25) is 0 Å². The third-order valence-electron chi connectivity index (χ3n) is 5.65. The summed E-state index contributed by atoms with van der Waals surface area (Å²) in [6.45, 7) is 9.27. The molecule has 0 saturated carbocycles. The Morgan fingerprint density at radius 1 is 1.05 bits per heavy atom. The van der Waals surface area contributed by atoms with Crippen LogP contribution >= 0.6 is 0 Å². The van der Waals surface area contributed by atoms with E-state index in [1.54, 1.807) is 0 Å². The fraction of sp³-hybridized carbons (Fsp3) is 0.684. The van der Waals surface area contributed by atoms with Crippen LogP contribution in [0.5, 0.6) is 0 Å². The van der Waals surface area contributed by atoms with Crippen LogP contribution in [0.2, 0.25) is 0 Å². The maximum Gasteiger partial charge on any atom is 0.0366 e. The van der Waals surface area contributed by atoms with Gasteiger partial charge >= 0.3 is 0 Å². The maximum atomic E-state index is 6.04. The molecule has 21 heavy (non-hydrogen) atoms. The quantitative estimate of drug-likeness (QED) is 0.842. The highest BCUT2D eigenvalue weighted by atomic mass is 15.1. The number of piperidine rings is 1. The molecule has 1 unspecified atom stereocenters. The molecule has 0 bridgehead atoms. The van der Waals surface area contributed by atoms with Crippen molar-refractivity contribution in [2.45, 2.75) is 65.3 Å². The Morgan fingerprint density at radius 2 is 1.62 bits per heavy atom. The molecule has 1 aromatic rings. The summed E-state index contributed by atoms with van der Waals surface area (Å²) in [4.78, 5) is 2.55. The van der Waals surface area contributed by atoms with Crippen LogP contribution in [0.15, 0.2) is 24.3 Å². The summed E-state index contributed by atoms with van der Waals surface area (Å²) in [5.41, 5.74) is 9.38. The molecule has 2 N–H and O–H groups in total. The van der Waals surface area contributed by atoms with Gasteiger partial charge in [-0.1, -0.05) is 45.7 Å². The van der Waals surface area contributed by atoms with E-state index < -0.39 is 0 Å². The first-order valence-corrected chi connectivity index (χ1v) is 8.72. The molecule has 0 aliphatic carbocycles. The first-order chi connectivity index (χ1) is 10.1. The predicted octanol–water partition coefficient (Wildman–Crippen LogP) is 4.37. The normalized spacial score (nSPS) is 19.5. The number of nitrogens with two attached hydrogens (primary N) is 1. The SMILES string of the molecule is CCC(N)Cc1ccc(N2CCC(CC)(CC)CC2)cc1. The van der Waals surface area contributed by atoms with Gasteiger partial charge in [0.15, 0.2) is 0 Å². The molecule has 0 amide bonds. The van der Waals surface area contributed by atoms with Crippen LogP contribution in [0.3, 0.4) is 0 Å². The van der Waals surface area contributed by atoms with Gasteiger partial charge in [-0.2, -0.15) is 0 Å². The van der Waals surface area contributed by atoms with E-state index in [4.69, 9.17) is 5.73 Å². The molecule has 1 fully saturated rings. The van der Waals surface area contributed by atoms with Crippen molar-refractivity contribution in [1.29, 1.82) is 0 Å². The molecule has 2 heteroatoms. The average Bonchev–Trinajstić information content (AvgIpc) is 2.55. The van der Waals surface area contributed by atoms with Crippen LogP contribution in [0.1, 0.15) is 58.4 Å². The summed E-state index contributed by atoms with van der Waals surface area (Å²) in [7, 11) is 0. The highest BCUT2D eigenvalue weighted by molar-refractivity contribution is 5.48. The second-order valence-electron chi connectivity index (χ2n) is 6.73. The zero-order valence-electron chi connectivity index (χ0n) is 14.1. The predicted molar refractivity (Wildman–Crippen MR) is 92.9 cm³/mol. The number of rotatable bonds is 6. The van der Waals surface area contributed by atoms with Crippen molar-refractivity contribution in [2.24, 2.45) is 11.1 Å². The summed E-state index contributed by atoms with van der Waals surface area (Å²) < 4.78 is 0. The van der Waals surface area contributed by atoms with Gasteiger partial charge in [0.05, 0.1) is 0 Å². The second-order valence-corrected chi connectivity index (χ2v) is 6.73. The number of hydrogen-bond donors (Lipinski definition) is 1. The smallest absolute Gasteiger partial charge is 0.0366 e. The Balaban J connectivity index is 1.95. The van der Waals surface area contributed by atoms with Crippen molar-refractivity contribution in [3.05, 3.63) is 29.8 Å². The minimum atomic E-state index is 0.292. The van der Waals surface area contributed by atoms with Crippen molar-refractivity contribution in [2.75, 3.05) is 18.0 Å². The highest BCUT2D eigenvalue weighted by Gasteiger charge is 2.31. The molecular weight excluding hydrogens is 256 g/mol. The van der Waals surface area contributed by atoms with Gasteiger partial charge in [-0.05, 0) is 48.8 Å². The second kappa shape index (κ2) is 7.31. The largest absolute Gasteiger partial charge is 0.371 e. The molecule has 1 aliphatic heterocycles. The summed E-state index contributed by atoms with van der Waals surface area (Å²) in [6, 6.07) is 9.37. The van der Waals surface area contributed by atoms with Crippen LogP contribution in [0, 0.1) is 5.41 Å². The number of benzene rings is 1. The molecule has 1 aliphatic rings. The third kappa shape index (κ3) is 4.00. The fourth-order valence-electron chi connectivity index (χ4n) is 3.49. The summed E-state index contributed by atoms with van der Waals surface area (Å²) in [5, 5.41) is 0. The lowest BCUT2D eigenvalue weighted by molar-refractivity contribution is 0.199. The molecule has 1 heterocycles. The van der Waals surface area contributed by atoms with E-state index in [1.807, 2.05) is 0 Å². The lowest BCUT2D eigenvalue weighted by Crippen LogP contribution is -2.39. The molecule has 0 spiro atoms. The first kappa shape index (κ1) is 16.4. The van der Waals surface area contributed by atoms with Crippen LogP contribution in [0.25, 0.3) is 0 Å². The maximum absolute atomic E-state index is 6.04. The van der Waals surface area contributed by atoms with Crippen LogP contribution in [-0.2, 0) is 6.42 Å². The van der Waals surface area contributed by atoms with Gasteiger partial charge in [-0.3, -0.25) is 0 Å². The molecule has 1 atom stereocenters. The van der Waals surface area contributed by atoms with Crippen LogP contribution in [0.4, 0.5) is 5.69 Å². The molecule has 2 nitrogen and oxygen atoms in total. The summed E-state index contributed by atoms with van der Waals surface area (Å²) in [5.74, 6) is 0. The molecule has 1 aromatic carbocycles. The lowest BCUT2D eigenvalue weighted by Gasteiger charge is -2.42. The summed E-state index contributed by atoms with van der Waals surface area (Å²) in [6.07, 6.45) is 7.36. The number of nitrogens with zero attached hydrogens (tertiary/aromatic N) is 1. The van der Waals surface area contributed by atoms with Gasteiger partial charge in [0.25, 0.3) is 0 Å². The van der Waals surface area contributed by atoms with Crippen LogP contribution in [-0.4, -0.2) is 19.1 Å². The highest BCUT2D eigenvalue weighted by Crippen LogP contribution is 2.39. The van der Waals surface area contributed by atoms with Crippen molar-refractivity contribution < 1.29 is 0 Å². The fourth-order valence-corrected chi connectivity index (χ4v) is 3.49. The number of hydrogen-bond acceptors (Lipinski definition) is 2. The van der Waals surface area contributed by atoms with Crippen LogP contribution < -0.4 is 10.6 Å². The number of anilines is 1. The Kier molecular flexibility index (Phi) is 5.69. The van der Waals surface area contributed by atoms with Gasteiger partial charge in [0, 0.05) is 24.8 Å². The van der Waals surface area contributed by atoms with Gasteiger partial charge in [-0.25, -0.2) is 0 Å². The monoisotopic (exact) mass is 288 g/mol. The van der Waals surface area contributed by atoms with Gasteiger partial charge in [0.1, 0.15) is 0 Å². The lowest BCUT2D eigenvalue weighted by atomic mass is 9.74. The van der Waals surface area contributed by atoms with E-state index in [-0.39, 0.29) is 0 Å². The first-order valence-electron chi connectivity index (χ1n) is 8.72. The van der Waals surface area contributed by atoms with Gasteiger partial charge in [-0.15, -0.1) is 0 Å². The molecule has 0 aromatic heterocycles. The Labute approximate surface area is 130 Å². The van der Waals surface area contributed by atoms with Gasteiger partial charge < -0.3 is 10.6 Å². The van der Waals surface area contributed by atoms with E-state index in [0.717, 1.165) is 12.8 Å². The Morgan fingerprint density at radius 3 is 2.10 bits per heavy atom. The minimum absolute atomic E-state index is 0.292. The van der Waals surface area contributed by atoms with E-state index in [9.17, 15) is 0 Å². The molecular formula is C19H32N2. The van der Waals surface area contributed by atoms with E-state index in [2.05, 4.69) is 49.9 Å². The van der Waals surface area contributed by atoms with Crippen molar-refractivity contribution in [1.82, 2.24) is 0 Å². The van der Waals surface area contributed by atoms with Crippen molar-refractivity contribution >= 4 is 5.69 Å². The minimum Gasteiger partial charge on any atom is -0.371 e. The Bertz CT molecular complexity index is 410. The zero-order valence-corrected chi connectivity index (χ0v) is 14.1. The molecule has 118 valence electrons.